The van der Waals surface area contributed by atoms with Crippen LogP contribution in [0.25, 0.3) is 33.0 Å². The van der Waals surface area contributed by atoms with Gasteiger partial charge in [0.15, 0.2) is 12.0 Å². The zero-order valence-corrected chi connectivity index (χ0v) is 23.2. The number of benzene rings is 3. The van der Waals surface area contributed by atoms with Gasteiger partial charge in [-0.3, -0.25) is 0 Å². The number of rotatable bonds is 4. The van der Waals surface area contributed by atoms with Crippen molar-refractivity contribution in [2.45, 2.75) is 33.1 Å². The fourth-order valence-corrected chi connectivity index (χ4v) is 5.21. The Morgan fingerprint density at radius 2 is 1.62 bits per heavy atom. The Hall–Kier alpha value is -4.43. The lowest BCUT2D eigenvalue weighted by Gasteiger charge is -2.28. The minimum atomic E-state index is -0.352. The van der Waals surface area contributed by atoms with Crippen molar-refractivity contribution in [1.29, 1.82) is 0 Å². The quantitative estimate of drug-likeness (QED) is 0.254. The highest BCUT2D eigenvalue weighted by molar-refractivity contribution is 6.11. The number of pyridine rings is 1. The van der Waals surface area contributed by atoms with Crippen molar-refractivity contribution in [3.05, 3.63) is 78.3 Å². The number of oxazole rings is 1. The second-order valence-corrected chi connectivity index (χ2v) is 11.2. The molecule has 0 radical (unpaired) electrons. The number of morpholine rings is 1. The first-order valence-corrected chi connectivity index (χ1v) is 13.6. The number of ether oxygens (including phenoxy) is 1. The zero-order chi connectivity index (χ0) is 27.9. The third kappa shape index (κ3) is 4.98. The Labute approximate surface area is 233 Å². The zero-order valence-electron chi connectivity index (χ0n) is 23.2. The van der Waals surface area contributed by atoms with Gasteiger partial charge in [0.05, 0.1) is 24.6 Å². The van der Waals surface area contributed by atoms with Crippen molar-refractivity contribution in [2.75, 3.05) is 41.8 Å². The Morgan fingerprint density at radius 1 is 0.900 bits per heavy atom. The number of hydrogen-bond donors (Lipinski definition) is 2. The number of urea groups is 1. The lowest BCUT2D eigenvalue weighted by atomic mass is 9.86. The van der Waals surface area contributed by atoms with Crippen molar-refractivity contribution >= 4 is 45.1 Å². The van der Waals surface area contributed by atoms with Gasteiger partial charge in [0.2, 0.25) is 0 Å². The van der Waals surface area contributed by atoms with E-state index >= 15 is 0 Å². The first-order valence-electron chi connectivity index (χ1n) is 13.6. The van der Waals surface area contributed by atoms with E-state index in [1.165, 1.54) is 6.39 Å². The van der Waals surface area contributed by atoms with Crippen LogP contribution in [-0.2, 0) is 10.2 Å². The van der Waals surface area contributed by atoms with Crippen molar-refractivity contribution in [3.63, 3.8) is 0 Å². The Bertz CT molecular complexity index is 1710. The van der Waals surface area contributed by atoms with E-state index in [1.807, 2.05) is 49.4 Å². The summed E-state index contributed by atoms with van der Waals surface area (Å²) in [5.41, 5.74) is 6.60. The van der Waals surface area contributed by atoms with Crippen LogP contribution in [0.3, 0.4) is 0 Å². The van der Waals surface area contributed by atoms with Gasteiger partial charge >= 0.3 is 6.03 Å². The SMILES string of the molecule is Cc1nc(N2CCOCC2)ccc1-c1ccc(NC(=O)Nc2cc(C(C)(C)C)cc3ncoc23)c2ccccc12. The number of amides is 2. The predicted octanol–water partition coefficient (Wildman–Crippen LogP) is 7.13. The maximum Gasteiger partial charge on any atom is 0.323 e. The van der Waals surface area contributed by atoms with Gasteiger partial charge in [-0.1, -0.05) is 51.1 Å². The topological polar surface area (TPSA) is 92.5 Å². The second-order valence-electron chi connectivity index (χ2n) is 11.2. The molecule has 3 aromatic carbocycles. The van der Waals surface area contributed by atoms with E-state index in [9.17, 15) is 4.79 Å². The molecule has 6 rings (SSSR count). The highest BCUT2D eigenvalue weighted by atomic mass is 16.5. The minimum Gasteiger partial charge on any atom is -0.441 e. The predicted molar refractivity (Wildman–Crippen MR) is 160 cm³/mol. The van der Waals surface area contributed by atoms with Crippen molar-refractivity contribution < 1.29 is 13.9 Å². The fraction of sp³-hybridized carbons (Fsp3) is 0.281. The lowest BCUT2D eigenvalue weighted by molar-refractivity contribution is 0.122. The molecule has 1 aliphatic rings. The molecule has 0 unspecified atom stereocenters. The van der Waals surface area contributed by atoms with Crippen molar-refractivity contribution in [3.8, 4) is 11.1 Å². The number of fused-ring (bicyclic) bond motifs is 2. The lowest BCUT2D eigenvalue weighted by Crippen LogP contribution is -2.36. The van der Waals surface area contributed by atoms with Crippen LogP contribution in [0.2, 0.25) is 0 Å². The summed E-state index contributed by atoms with van der Waals surface area (Å²) >= 11 is 0. The van der Waals surface area contributed by atoms with Crippen molar-refractivity contribution in [1.82, 2.24) is 9.97 Å². The molecule has 8 heteroatoms. The monoisotopic (exact) mass is 535 g/mol. The van der Waals surface area contributed by atoms with E-state index in [0.29, 0.717) is 22.5 Å². The number of carbonyl (C=O) groups excluding carboxylic acids is 1. The number of nitrogens with zero attached hydrogens (tertiary/aromatic N) is 3. The molecule has 3 heterocycles. The Kier molecular flexibility index (Phi) is 6.64. The summed E-state index contributed by atoms with van der Waals surface area (Å²) in [7, 11) is 0. The molecule has 1 saturated heterocycles. The van der Waals surface area contributed by atoms with Crippen LogP contribution < -0.4 is 15.5 Å². The van der Waals surface area contributed by atoms with Crippen LogP contribution >= 0.6 is 0 Å². The fourth-order valence-electron chi connectivity index (χ4n) is 5.21. The number of anilines is 3. The average molecular weight is 536 g/mol. The van der Waals surface area contributed by atoms with Gasteiger partial charge in [-0.05, 0) is 59.2 Å². The molecular weight excluding hydrogens is 502 g/mol. The Balaban J connectivity index is 1.30. The van der Waals surface area contributed by atoms with Crippen molar-refractivity contribution in [2.24, 2.45) is 0 Å². The maximum atomic E-state index is 13.2. The van der Waals surface area contributed by atoms with E-state index in [-0.39, 0.29) is 11.4 Å². The molecule has 0 saturated carbocycles. The molecule has 204 valence electrons. The van der Waals surface area contributed by atoms with E-state index < -0.39 is 0 Å². The number of aromatic nitrogens is 2. The largest absolute Gasteiger partial charge is 0.441 e. The van der Waals surface area contributed by atoms with E-state index in [4.69, 9.17) is 14.1 Å². The molecule has 2 aromatic heterocycles. The van der Waals surface area contributed by atoms with E-state index in [1.54, 1.807) is 0 Å². The molecule has 8 nitrogen and oxygen atoms in total. The molecule has 0 aliphatic carbocycles. The van der Waals surface area contributed by atoms with Crippen LogP contribution in [0.4, 0.5) is 22.0 Å². The molecule has 1 aliphatic heterocycles. The molecule has 40 heavy (non-hydrogen) atoms. The second kappa shape index (κ2) is 10.3. The highest BCUT2D eigenvalue weighted by Gasteiger charge is 2.20. The summed E-state index contributed by atoms with van der Waals surface area (Å²) in [5, 5.41) is 8.01. The van der Waals surface area contributed by atoms with Crippen LogP contribution in [0.15, 0.2) is 71.5 Å². The first-order chi connectivity index (χ1) is 19.3. The molecule has 2 amide bonds. The molecule has 1 fully saturated rings. The summed E-state index contributed by atoms with van der Waals surface area (Å²) in [6.07, 6.45) is 1.40. The van der Waals surface area contributed by atoms with Gasteiger partial charge < -0.3 is 24.7 Å². The third-order valence-corrected chi connectivity index (χ3v) is 7.41. The number of carbonyl (C=O) groups is 1. The van der Waals surface area contributed by atoms with Crippen LogP contribution in [-0.4, -0.2) is 42.3 Å². The van der Waals surface area contributed by atoms with Gasteiger partial charge in [-0.25, -0.2) is 14.8 Å². The van der Waals surface area contributed by atoms with E-state index in [0.717, 1.165) is 65.3 Å². The maximum absolute atomic E-state index is 13.2. The summed E-state index contributed by atoms with van der Waals surface area (Å²) in [4.78, 5) is 24.7. The van der Waals surface area contributed by atoms with Gasteiger partial charge in [0, 0.05) is 29.7 Å². The highest BCUT2D eigenvalue weighted by Crippen LogP contribution is 2.36. The summed E-state index contributed by atoms with van der Waals surface area (Å²) in [6.45, 7) is 11.6. The summed E-state index contributed by atoms with van der Waals surface area (Å²) < 4.78 is 11.1. The molecule has 0 atom stereocenters. The third-order valence-electron chi connectivity index (χ3n) is 7.41. The average Bonchev–Trinajstić information content (AvgIpc) is 3.43. The standard InChI is InChI=1S/C32H33N5O3/c1-20-22(10-12-29(34-20)37-13-15-39-16-14-37)24-9-11-26(25-8-6-5-7-23(24)25)35-31(38)36-28-18-21(32(2,3)4)17-27-30(28)40-19-33-27/h5-12,17-19H,13-16H2,1-4H3,(H2,35,36,38). The number of hydrogen-bond acceptors (Lipinski definition) is 6. The smallest absolute Gasteiger partial charge is 0.323 e. The van der Waals surface area contributed by atoms with Gasteiger partial charge in [-0.2, -0.15) is 0 Å². The first kappa shape index (κ1) is 25.8. The van der Waals surface area contributed by atoms with Crippen LogP contribution in [0.1, 0.15) is 32.0 Å². The van der Waals surface area contributed by atoms with E-state index in [2.05, 4.69) is 59.5 Å². The normalized spacial score (nSPS) is 14.1. The molecule has 5 aromatic rings. The van der Waals surface area contributed by atoms with Crippen LogP contribution in [0.5, 0.6) is 0 Å². The molecular formula is C32H33N5O3. The summed E-state index contributed by atoms with van der Waals surface area (Å²) in [5.74, 6) is 0.972. The number of nitrogens with one attached hydrogen (secondary N) is 2. The van der Waals surface area contributed by atoms with Gasteiger partial charge in [0.1, 0.15) is 11.3 Å². The Morgan fingerprint density at radius 3 is 2.38 bits per heavy atom. The summed E-state index contributed by atoms with van der Waals surface area (Å²) in [6, 6.07) is 19.9. The van der Waals surface area contributed by atoms with Gasteiger partial charge in [-0.15, -0.1) is 0 Å². The molecule has 0 spiro atoms. The molecule has 2 N–H and O–H groups in total. The number of aryl methyl sites for hydroxylation is 1. The molecule has 0 bridgehead atoms. The van der Waals surface area contributed by atoms with Crippen LogP contribution in [0, 0.1) is 6.92 Å². The van der Waals surface area contributed by atoms with Gasteiger partial charge in [0.25, 0.3) is 0 Å². The minimum absolute atomic E-state index is 0.112.